The second-order valence-corrected chi connectivity index (χ2v) is 14.9. The molecule has 0 atom stereocenters. The average Bonchev–Trinajstić information content (AvgIpc) is 2.52. The number of phenols is 1. The summed E-state index contributed by atoms with van der Waals surface area (Å²) < 4.78 is 5.95. The Bertz CT molecular complexity index is 794. The van der Waals surface area contributed by atoms with Gasteiger partial charge in [-0.3, -0.25) is 0 Å². The third kappa shape index (κ3) is 4.57. The first kappa shape index (κ1) is 21.6. The summed E-state index contributed by atoms with van der Waals surface area (Å²) in [5, 5.41) is 12.5. The molecule has 0 radical (unpaired) electrons. The molecule has 2 nitrogen and oxygen atoms in total. The van der Waals surface area contributed by atoms with Crippen molar-refractivity contribution in [3.63, 3.8) is 0 Å². The van der Waals surface area contributed by atoms with Crippen molar-refractivity contribution in [3.8, 4) is 11.5 Å². The van der Waals surface area contributed by atoms with Crippen molar-refractivity contribution in [2.24, 2.45) is 0 Å². The van der Waals surface area contributed by atoms with Gasteiger partial charge in [-0.1, -0.05) is 96.6 Å². The smallest absolute Gasteiger partial charge is 0.126 e. The monoisotopic (exact) mass is 384 g/mol. The number of aromatic hydroxyl groups is 1. The van der Waals surface area contributed by atoms with Gasteiger partial charge in [0, 0.05) is 5.56 Å². The lowest BCUT2D eigenvalue weighted by Gasteiger charge is -2.34. The Morgan fingerprint density at radius 2 is 1.48 bits per heavy atom. The van der Waals surface area contributed by atoms with E-state index in [-0.39, 0.29) is 10.8 Å². The van der Waals surface area contributed by atoms with Gasteiger partial charge in [-0.2, -0.15) is 0 Å². The zero-order valence-corrected chi connectivity index (χ0v) is 19.5. The molecule has 2 aromatic carbocycles. The molecule has 2 aromatic rings. The number of phenolic OH excluding ortho intramolecular Hbond substituents is 1. The Hall–Kier alpha value is -1.74. The summed E-state index contributed by atoms with van der Waals surface area (Å²) in [5.74, 6) is 1.26. The number of benzene rings is 2. The minimum Gasteiger partial charge on any atom is -0.507 e. The lowest BCUT2D eigenvalue weighted by molar-refractivity contribution is 0.377. The minimum atomic E-state index is -1.87. The predicted molar refractivity (Wildman–Crippen MR) is 119 cm³/mol. The number of hydrogen-bond acceptors (Lipinski definition) is 2. The quantitative estimate of drug-likeness (QED) is 0.686. The Morgan fingerprint density at radius 3 is 1.93 bits per heavy atom. The third-order valence-corrected chi connectivity index (χ3v) is 8.35. The van der Waals surface area contributed by atoms with Crippen LogP contribution < -0.4 is 9.92 Å². The van der Waals surface area contributed by atoms with Crippen LogP contribution >= 0.6 is 0 Å². The lowest BCUT2D eigenvalue weighted by Crippen LogP contribution is -2.46. The van der Waals surface area contributed by atoms with Crippen LogP contribution in [0.25, 0.3) is 0 Å². The summed E-state index contributed by atoms with van der Waals surface area (Å²) in [6.07, 6.45) is 0. The zero-order chi connectivity index (χ0) is 20.6. The first-order valence-electron chi connectivity index (χ1n) is 9.78. The molecule has 0 amide bonds. The molecule has 0 unspecified atom stereocenters. The van der Waals surface area contributed by atoms with Gasteiger partial charge < -0.3 is 9.84 Å². The van der Waals surface area contributed by atoms with E-state index in [4.69, 9.17) is 4.74 Å². The molecule has 0 fully saturated rings. The van der Waals surface area contributed by atoms with Crippen LogP contribution in [0.4, 0.5) is 0 Å². The van der Waals surface area contributed by atoms with Crippen LogP contribution in [0.3, 0.4) is 0 Å². The maximum Gasteiger partial charge on any atom is 0.126 e. The van der Waals surface area contributed by atoms with Crippen molar-refractivity contribution in [1.82, 2.24) is 0 Å². The molecule has 0 spiro atoms. The fraction of sp³-hybridized carbons (Fsp3) is 0.500. The normalized spacial score (nSPS) is 12.9. The summed E-state index contributed by atoms with van der Waals surface area (Å²) in [7, 11) is -0.132. The van der Waals surface area contributed by atoms with Gasteiger partial charge in [0.05, 0.1) is 15.2 Å². The Balaban J connectivity index is 2.78. The highest BCUT2D eigenvalue weighted by Gasteiger charge is 2.36. The summed E-state index contributed by atoms with van der Waals surface area (Å²) >= 11 is 0. The van der Waals surface area contributed by atoms with Crippen molar-refractivity contribution < 1.29 is 9.84 Å². The summed E-state index contributed by atoms with van der Waals surface area (Å²) in [4.78, 5) is 0. The molecule has 2 rings (SSSR count). The van der Waals surface area contributed by atoms with E-state index < -0.39 is 8.07 Å². The van der Waals surface area contributed by atoms with Crippen molar-refractivity contribution in [2.75, 3.05) is 7.11 Å². The fourth-order valence-electron chi connectivity index (χ4n) is 3.84. The van der Waals surface area contributed by atoms with Gasteiger partial charge in [-0.25, -0.2) is 0 Å². The van der Waals surface area contributed by atoms with Gasteiger partial charge in [-0.05, 0) is 27.6 Å². The summed E-state index contributed by atoms with van der Waals surface area (Å²) in [5.41, 5.74) is 2.96. The van der Waals surface area contributed by atoms with Crippen LogP contribution in [-0.4, -0.2) is 20.3 Å². The van der Waals surface area contributed by atoms with E-state index in [1.54, 1.807) is 7.11 Å². The number of methoxy groups -OCH3 is 1. The first-order chi connectivity index (χ1) is 12.3. The highest BCUT2D eigenvalue weighted by Crippen LogP contribution is 2.44. The molecule has 0 aliphatic carbocycles. The lowest BCUT2D eigenvalue weighted by atomic mass is 9.79. The molecular weight excluding hydrogens is 348 g/mol. The van der Waals surface area contributed by atoms with E-state index in [1.165, 1.54) is 10.8 Å². The Labute approximate surface area is 166 Å². The van der Waals surface area contributed by atoms with E-state index in [0.717, 1.165) is 22.9 Å². The number of hydrogen-bond donors (Lipinski definition) is 1. The molecule has 3 heteroatoms. The molecule has 1 N–H and O–H groups in total. The van der Waals surface area contributed by atoms with E-state index in [9.17, 15) is 5.11 Å². The van der Waals surface area contributed by atoms with E-state index in [0.29, 0.717) is 5.75 Å². The van der Waals surface area contributed by atoms with Crippen molar-refractivity contribution >= 4 is 13.3 Å². The Kier molecular flexibility index (Phi) is 5.87. The SMILES string of the molecule is COc1c([Si](C)(C)Cc2ccccc2)cc(C(C)(C)C)c(O)c1C(C)(C)C. The van der Waals surface area contributed by atoms with Gasteiger partial charge in [0.15, 0.2) is 0 Å². The van der Waals surface area contributed by atoms with Gasteiger partial charge in [0.25, 0.3) is 0 Å². The molecule has 0 aliphatic heterocycles. The van der Waals surface area contributed by atoms with E-state index in [1.807, 2.05) is 0 Å². The van der Waals surface area contributed by atoms with Crippen LogP contribution in [0.15, 0.2) is 36.4 Å². The molecule has 0 aromatic heterocycles. The predicted octanol–water partition coefficient (Wildman–Crippen LogP) is 5.69. The van der Waals surface area contributed by atoms with Crippen molar-refractivity contribution in [1.29, 1.82) is 0 Å². The van der Waals surface area contributed by atoms with Gasteiger partial charge in [-0.15, -0.1) is 0 Å². The molecule has 0 heterocycles. The first-order valence-corrected chi connectivity index (χ1v) is 13.0. The van der Waals surface area contributed by atoms with Crippen molar-refractivity contribution in [3.05, 3.63) is 53.1 Å². The zero-order valence-electron chi connectivity index (χ0n) is 18.5. The standard InChI is InChI=1S/C24H36O2Si/c1-23(2,3)18-15-19(22(26-7)20(21(18)25)24(4,5)6)27(8,9)16-17-13-11-10-12-14-17/h10-15,25H,16H2,1-9H3. The minimum absolute atomic E-state index is 0.137. The number of ether oxygens (including phenoxy) is 1. The maximum absolute atomic E-state index is 11.2. The maximum atomic E-state index is 11.2. The van der Waals surface area contributed by atoms with Gasteiger partial charge in [0.2, 0.25) is 0 Å². The van der Waals surface area contributed by atoms with Gasteiger partial charge >= 0.3 is 0 Å². The highest BCUT2D eigenvalue weighted by molar-refractivity contribution is 6.90. The molecular formula is C24H36O2Si. The number of rotatable bonds is 4. The molecule has 27 heavy (non-hydrogen) atoms. The fourth-order valence-corrected chi connectivity index (χ4v) is 6.66. The van der Waals surface area contributed by atoms with Crippen LogP contribution in [0.2, 0.25) is 13.1 Å². The van der Waals surface area contributed by atoms with Gasteiger partial charge in [0.1, 0.15) is 11.5 Å². The van der Waals surface area contributed by atoms with E-state index >= 15 is 0 Å². The summed E-state index contributed by atoms with van der Waals surface area (Å²) in [6, 6.07) is 14.0. The molecule has 0 saturated heterocycles. The topological polar surface area (TPSA) is 29.5 Å². The second-order valence-electron chi connectivity index (χ2n) is 10.3. The average molecular weight is 385 g/mol. The van der Waals surface area contributed by atoms with Crippen LogP contribution in [0.1, 0.15) is 58.2 Å². The largest absolute Gasteiger partial charge is 0.507 e. The van der Waals surface area contributed by atoms with Crippen LogP contribution in [0.5, 0.6) is 11.5 Å². The Morgan fingerprint density at radius 1 is 0.926 bits per heavy atom. The summed E-state index contributed by atoms with van der Waals surface area (Å²) in [6.45, 7) is 17.7. The highest BCUT2D eigenvalue weighted by atomic mass is 28.3. The molecule has 148 valence electrons. The van der Waals surface area contributed by atoms with E-state index in [2.05, 4.69) is 91.0 Å². The molecule has 0 aliphatic rings. The molecule has 0 bridgehead atoms. The molecule has 0 saturated carbocycles. The second kappa shape index (κ2) is 7.35. The van der Waals surface area contributed by atoms with Crippen molar-refractivity contribution in [2.45, 2.75) is 71.5 Å². The van der Waals surface area contributed by atoms with Crippen LogP contribution in [-0.2, 0) is 16.9 Å². The third-order valence-electron chi connectivity index (χ3n) is 5.23. The van der Waals surface area contributed by atoms with Crippen LogP contribution in [0, 0.1) is 0 Å².